The van der Waals surface area contributed by atoms with Crippen molar-refractivity contribution >= 4 is 12.5 Å². The van der Waals surface area contributed by atoms with Crippen molar-refractivity contribution in [1.29, 1.82) is 0 Å². The molecule has 0 radical (unpaired) electrons. The summed E-state index contributed by atoms with van der Waals surface area (Å²) in [6, 6.07) is 8.19. The molecule has 0 fully saturated rings. The van der Waals surface area contributed by atoms with E-state index in [9.17, 15) is 0 Å². The summed E-state index contributed by atoms with van der Waals surface area (Å²) in [6.07, 6.45) is 1.87. The maximum Gasteiger partial charge on any atom is 0.290 e. The smallest absolute Gasteiger partial charge is 0.290 e. The Morgan fingerprint density at radius 2 is 1.92 bits per heavy atom. The lowest BCUT2D eigenvalue weighted by molar-refractivity contribution is -0.122. The molecule has 0 atom stereocenters. The summed E-state index contributed by atoms with van der Waals surface area (Å²) >= 11 is 0. The van der Waals surface area contributed by atoms with Gasteiger partial charge in [0.25, 0.3) is 6.47 Å². The predicted octanol–water partition coefficient (Wildman–Crippen LogP) is 2.34. The highest BCUT2D eigenvalue weighted by Gasteiger charge is 1.86. The molecule has 0 heterocycles. The third-order valence-electron chi connectivity index (χ3n) is 1.41. The molecule has 0 aromatic heterocycles. The quantitative estimate of drug-likeness (QED) is 0.647. The number of hydrogen-bond acceptors (Lipinski definition) is 1. The zero-order valence-electron chi connectivity index (χ0n) is 7.03. The normalized spacial score (nSPS) is 7.75. The fourth-order valence-corrected chi connectivity index (χ4v) is 0.816. The Labute approximate surface area is 72.2 Å². The first-order chi connectivity index (χ1) is 5.76. The van der Waals surface area contributed by atoms with Gasteiger partial charge < -0.3 is 5.11 Å². The van der Waals surface area contributed by atoms with Crippen LogP contribution in [0.25, 0.3) is 6.08 Å². The molecule has 0 amide bonds. The van der Waals surface area contributed by atoms with E-state index in [4.69, 9.17) is 9.90 Å². The van der Waals surface area contributed by atoms with Crippen LogP contribution in [0.4, 0.5) is 0 Å². The van der Waals surface area contributed by atoms with Gasteiger partial charge in [-0.25, -0.2) is 0 Å². The van der Waals surface area contributed by atoms with Gasteiger partial charge in [-0.05, 0) is 18.1 Å². The molecule has 1 rings (SSSR count). The summed E-state index contributed by atoms with van der Waals surface area (Å²) in [5.41, 5.74) is 2.50. The van der Waals surface area contributed by atoms with Crippen molar-refractivity contribution in [3.8, 4) is 0 Å². The van der Waals surface area contributed by atoms with Gasteiger partial charge in [-0.1, -0.05) is 36.9 Å². The van der Waals surface area contributed by atoms with Crippen molar-refractivity contribution in [2.45, 2.75) is 6.92 Å². The largest absolute Gasteiger partial charge is 0.483 e. The molecule has 0 saturated heterocycles. The predicted molar refractivity (Wildman–Crippen MR) is 50.0 cm³/mol. The van der Waals surface area contributed by atoms with Crippen molar-refractivity contribution in [2.24, 2.45) is 0 Å². The van der Waals surface area contributed by atoms with Crippen LogP contribution in [0, 0.1) is 6.92 Å². The molecule has 0 aliphatic rings. The average molecular weight is 164 g/mol. The van der Waals surface area contributed by atoms with Gasteiger partial charge in [0, 0.05) is 0 Å². The molecule has 0 aliphatic heterocycles. The number of carbonyl (C=O) groups is 1. The van der Waals surface area contributed by atoms with Crippen LogP contribution in [0.2, 0.25) is 0 Å². The molecule has 1 aromatic rings. The zero-order valence-corrected chi connectivity index (χ0v) is 7.03. The summed E-state index contributed by atoms with van der Waals surface area (Å²) < 4.78 is 0. The fourth-order valence-electron chi connectivity index (χ4n) is 0.816. The Hall–Kier alpha value is -1.57. The average Bonchev–Trinajstić information content (AvgIpc) is 2.07. The second-order valence-electron chi connectivity index (χ2n) is 2.17. The Morgan fingerprint density at radius 1 is 1.42 bits per heavy atom. The van der Waals surface area contributed by atoms with Crippen molar-refractivity contribution < 1.29 is 9.90 Å². The molecule has 2 heteroatoms. The van der Waals surface area contributed by atoms with Crippen LogP contribution in [0.3, 0.4) is 0 Å². The second-order valence-corrected chi connectivity index (χ2v) is 2.17. The summed E-state index contributed by atoms with van der Waals surface area (Å²) in [5.74, 6) is 0. The minimum atomic E-state index is -0.250. The van der Waals surface area contributed by atoms with Gasteiger partial charge in [0.2, 0.25) is 0 Å². The number of rotatable bonds is 1. The summed E-state index contributed by atoms with van der Waals surface area (Å²) in [4.78, 5) is 8.36. The van der Waals surface area contributed by atoms with E-state index < -0.39 is 0 Å². The molecule has 1 aromatic carbocycles. The van der Waals surface area contributed by atoms with E-state index in [1.807, 2.05) is 18.2 Å². The van der Waals surface area contributed by atoms with Crippen molar-refractivity contribution in [3.63, 3.8) is 0 Å². The van der Waals surface area contributed by atoms with Crippen molar-refractivity contribution in [2.75, 3.05) is 0 Å². The number of hydrogen-bond donors (Lipinski definition) is 1. The molecule has 0 unspecified atom stereocenters. The first-order valence-corrected chi connectivity index (χ1v) is 3.52. The first kappa shape index (κ1) is 10.4. The zero-order chi connectivity index (χ0) is 9.40. The Balaban J connectivity index is 0.000000354. The van der Waals surface area contributed by atoms with E-state index in [1.54, 1.807) is 0 Å². The lowest BCUT2D eigenvalue weighted by atomic mass is 10.1. The van der Waals surface area contributed by atoms with Crippen LogP contribution in [-0.4, -0.2) is 11.6 Å². The fraction of sp³-hybridized carbons (Fsp3) is 0.100. The number of aryl methyl sites for hydroxylation is 1. The van der Waals surface area contributed by atoms with Crippen LogP contribution in [0.1, 0.15) is 11.1 Å². The van der Waals surface area contributed by atoms with Crippen LogP contribution in [0.15, 0.2) is 30.8 Å². The summed E-state index contributed by atoms with van der Waals surface area (Å²) in [6.45, 7) is 5.52. The highest BCUT2D eigenvalue weighted by atomic mass is 16.3. The van der Waals surface area contributed by atoms with E-state index in [0.717, 1.165) is 0 Å². The highest BCUT2D eigenvalue weighted by molar-refractivity contribution is 5.50. The molecule has 0 aliphatic carbocycles. The van der Waals surface area contributed by atoms with Crippen LogP contribution < -0.4 is 0 Å². The first-order valence-electron chi connectivity index (χ1n) is 3.52. The maximum atomic E-state index is 8.36. The molecule has 64 valence electrons. The molecule has 0 saturated carbocycles. The van der Waals surface area contributed by atoms with Crippen LogP contribution >= 0.6 is 0 Å². The van der Waals surface area contributed by atoms with E-state index in [1.165, 1.54) is 11.1 Å². The summed E-state index contributed by atoms with van der Waals surface area (Å²) in [5, 5.41) is 6.89. The lowest BCUT2D eigenvalue weighted by Crippen LogP contribution is -1.75. The molecule has 0 spiro atoms. The molecule has 0 bridgehead atoms. The van der Waals surface area contributed by atoms with Gasteiger partial charge in [-0.2, -0.15) is 0 Å². The second kappa shape index (κ2) is 6.16. The van der Waals surface area contributed by atoms with Gasteiger partial charge >= 0.3 is 0 Å². The van der Waals surface area contributed by atoms with Gasteiger partial charge in [0.05, 0.1) is 0 Å². The monoisotopic (exact) mass is 164 g/mol. The lowest BCUT2D eigenvalue weighted by Gasteiger charge is -1.95. The standard InChI is InChI=1S/C9H10.CH2O2/c1-3-9-7-5-4-6-8(9)2;2-1-3/h3-7H,1H2,2H3;1H,(H,2,3). The highest BCUT2D eigenvalue weighted by Crippen LogP contribution is 2.06. The Morgan fingerprint density at radius 3 is 2.25 bits per heavy atom. The third-order valence-corrected chi connectivity index (χ3v) is 1.41. The number of carboxylic acid groups (broad SMARTS) is 1. The topological polar surface area (TPSA) is 37.3 Å². The molecule has 12 heavy (non-hydrogen) atoms. The Kier molecular flexibility index (Phi) is 5.35. The van der Waals surface area contributed by atoms with E-state index in [2.05, 4.69) is 25.6 Å². The third kappa shape index (κ3) is 3.56. The van der Waals surface area contributed by atoms with Gasteiger partial charge in [-0.15, -0.1) is 0 Å². The van der Waals surface area contributed by atoms with E-state index in [-0.39, 0.29) is 6.47 Å². The minimum Gasteiger partial charge on any atom is -0.483 e. The van der Waals surface area contributed by atoms with Gasteiger partial charge in [-0.3, -0.25) is 4.79 Å². The van der Waals surface area contributed by atoms with Gasteiger partial charge in [0.1, 0.15) is 0 Å². The van der Waals surface area contributed by atoms with Crippen molar-refractivity contribution in [1.82, 2.24) is 0 Å². The summed E-state index contributed by atoms with van der Waals surface area (Å²) in [7, 11) is 0. The van der Waals surface area contributed by atoms with Crippen LogP contribution in [-0.2, 0) is 4.79 Å². The van der Waals surface area contributed by atoms with Gasteiger partial charge in [0.15, 0.2) is 0 Å². The van der Waals surface area contributed by atoms with E-state index >= 15 is 0 Å². The number of benzene rings is 1. The molecular weight excluding hydrogens is 152 g/mol. The SMILES string of the molecule is C=Cc1ccccc1C.O=CO. The molecular formula is C10H12O2. The Bertz CT molecular complexity index is 254. The van der Waals surface area contributed by atoms with Crippen molar-refractivity contribution in [3.05, 3.63) is 42.0 Å². The van der Waals surface area contributed by atoms with Crippen LogP contribution in [0.5, 0.6) is 0 Å². The molecule has 1 N–H and O–H groups in total. The maximum absolute atomic E-state index is 8.36. The minimum absolute atomic E-state index is 0.250. The van der Waals surface area contributed by atoms with E-state index in [0.29, 0.717) is 0 Å². The molecule has 2 nitrogen and oxygen atoms in total.